The Hall–Kier alpha value is -2.80. The number of anilines is 2. The standard InChI is InChI=1S/C20H19FN4OS/c21-15-5-1-6-16(12-15)22-20(26)14-4-2-10-25(13-14)19-9-8-17(23-24-19)18-7-3-11-27-18/h1,3,5-9,11-12,14H,2,4,10,13H2,(H,22,26). The Labute approximate surface area is 160 Å². The smallest absolute Gasteiger partial charge is 0.229 e. The summed E-state index contributed by atoms with van der Waals surface area (Å²) < 4.78 is 13.3. The maximum Gasteiger partial charge on any atom is 0.229 e. The molecule has 3 heterocycles. The summed E-state index contributed by atoms with van der Waals surface area (Å²) in [5, 5.41) is 13.5. The number of carbonyl (C=O) groups excluding carboxylic acids is 1. The maximum atomic E-state index is 13.3. The average Bonchev–Trinajstić information content (AvgIpc) is 3.23. The number of halogens is 1. The van der Waals surface area contributed by atoms with Crippen molar-refractivity contribution in [2.75, 3.05) is 23.3 Å². The van der Waals surface area contributed by atoms with Crippen LogP contribution in [0.25, 0.3) is 10.6 Å². The van der Waals surface area contributed by atoms with Crippen LogP contribution >= 0.6 is 11.3 Å². The second-order valence-corrected chi connectivity index (χ2v) is 7.49. The molecule has 0 radical (unpaired) electrons. The molecule has 1 fully saturated rings. The van der Waals surface area contributed by atoms with Gasteiger partial charge in [-0.15, -0.1) is 21.5 Å². The Kier molecular flexibility index (Phi) is 5.11. The first-order valence-electron chi connectivity index (χ1n) is 8.88. The molecular weight excluding hydrogens is 363 g/mol. The minimum atomic E-state index is -0.362. The number of piperidine rings is 1. The second-order valence-electron chi connectivity index (χ2n) is 6.54. The quantitative estimate of drug-likeness (QED) is 0.735. The van der Waals surface area contributed by atoms with Crippen LogP contribution in [-0.2, 0) is 4.79 Å². The van der Waals surface area contributed by atoms with Gasteiger partial charge in [-0.2, -0.15) is 0 Å². The molecule has 0 bridgehead atoms. The molecule has 1 N–H and O–H groups in total. The molecule has 27 heavy (non-hydrogen) atoms. The lowest BCUT2D eigenvalue weighted by Gasteiger charge is -2.32. The van der Waals surface area contributed by atoms with Gasteiger partial charge in [0.05, 0.1) is 10.8 Å². The van der Waals surface area contributed by atoms with Gasteiger partial charge in [0.25, 0.3) is 0 Å². The summed E-state index contributed by atoms with van der Waals surface area (Å²) >= 11 is 1.63. The number of rotatable bonds is 4. The molecule has 7 heteroatoms. The fourth-order valence-electron chi connectivity index (χ4n) is 3.26. The van der Waals surface area contributed by atoms with E-state index in [4.69, 9.17) is 0 Å². The number of carbonyl (C=O) groups is 1. The van der Waals surface area contributed by atoms with Crippen molar-refractivity contribution >= 4 is 28.7 Å². The monoisotopic (exact) mass is 382 g/mol. The highest BCUT2D eigenvalue weighted by molar-refractivity contribution is 7.13. The first-order valence-corrected chi connectivity index (χ1v) is 9.76. The van der Waals surface area contributed by atoms with Crippen LogP contribution in [0.4, 0.5) is 15.9 Å². The lowest BCUT2D eigenvalue weighted by molar-refractivity contribution is -0.120. The van der Waals surface area contributed by atoms with Gasteiger partial charge in [0, 0.05) is 18.8 Å². The van der Waals surface area contributed by atoms with Gasteiger partial charge in [-0.05, 0) is 54.6 Å². The zero-order valence-corrected chi connectivity index (χ0v) is 15.5. The highest BCUT2D eigenvalue weighted by Crippen LogP contribution is 2.26. The molecule has 4 rings (SSSR count). The molecule has 0 saturated carbocycles. The van der Waals surface area contributed by atoms with Gasteiger partial charge in [0.2, 0.25) is 5.91 Å². The van der Waals surface area contributed by atoms with E-state index in [-0.39, 0.29) is 17.6 Å². The molecule has 138 valence electrons. The normalized spacial score (nSPS) is 16.9. The SMILES string of the molecule is O=C(Nc1cccc(F)c1)C1CCCN(c2ccc(-c3cccs3)nn2)C1. The van der Waals surface area contributed by atoms with E-state index >= 15 is 0 Å². The molecule has 2 aromatic heterocycles. The van der Waals surface area contributed by atoms with Crippen molar-refractivity contribution in [3.05, 3.63) is 59.7 Å². The number of nitrogens with one attached hydrogen (secondary N) is 1. The van der Waals surface area contributed by atoms with Crippen molar-refractivity contribution < 1.29 is 9.18 Å². The van der Waals surface area contributed by atoms with Crippen molar-refractivity contribution in [2.45, 2.75) is 12.8 Å². The first-order chi connectivity index (χ1) is 13.2. The zero-order chi connectivity index (χ0) is 18.6. The van der Waals surface area contributed by atoms with Crippen molar-refractivity contribution in [1.29, 1.82) is 0 Å². The zero-order valence-electron chi connectivity index (χ0n) is 14.6. The molecular formula is C20H19FN4OS. The van der Waals surface area contributed by atoms with Gasteiger partial charge in [0.15, 0.2) is 5.82 Å². The topological polar surface area (TPSA) is 58.1 Å². The molecule has 1 aromatic carbocycles. The van der Waals surface area contributed by atoms with Crippen LogP contribution in [0.3, 0.4) is 0 Å². The van der Waals surface area contributed by atoms with E-state index in [0.29, 0.717) is 12.2 Å². The summed E-state index contributed by atoms with van der Waals surface area (Å²) in [6, 6.07) is 13.9. The Balaban J connectivity index is 1.42. The van der Waals surface area contributed by atoms with Crippen LogP contribution in [0.5, 0.6) is 0 Å². The van der Waals surface area contributed by atoms with Crippen LogP contribution in [0.1, 0.15) is 12.8 Å². The third-order valence-corrected chi connectivity index (χ3v) is 5.52. The van der Waals surface area contributed by atoms with Gasteiger partial charge in [0.1, 0.15) is 11.5 Å². The van der Waals surface area contributed by atoms with E-state index in [0.717, 1.165) is 35.8 Å². The van der Waals surface area contributed by atoms with Gasteiger partial charge < -0.3 is 10.2 Å². The first kappa shape index (κ1) is 17.6. The van der Waals surface area contributed by atoms with Gasteiger partial charge >= 0.3 is 0 Å². The second kappa shape index (κ2) is 7.84. The van der Waals surface area contributed by atoms with E-state index in [2.05, 4.69) is 20.4 Å². The highest BCUT2D eigenvalue weighted by Gasteiger charge is 2.27. The van der Waals surface area contributed by atoms with Gasteiger partial charge in [-0.3, -0.25) is 4.79 Å². The van der Waals surface area contributed by atoms with E-state index in [1.165, 1.54) is 12.1 Å². The fourth-order valence-corrected chi connectivity index (χ4v) is 3.95. The lowest BCUT2D eigenvalue weighted by atomic mass is 9.97. The molecule has 0 aliphatic carbocycles. The molecule has 1 aliphatic rings. The Morgan fingerprint density at radius 1 is 1.19 bits per heavy atom. The number of nitrogens with zero attached hydrogens (tertiary/aromatic N) is 3. The number of benzene rings is 1. The van der Waals surface area contributed by atoms with Crippen molar-refractivity contribution in [3.8, 4) is 10.6 Å². The lowest BCUT2D eigenvalue weighted by Crippen LogP contribution is -2.41. The molecule has 0 spiro atoms. The number of amides is 1. The molecule has 1 atom stereocenters. The minimum absolute atomic E-state index is 0.0894. The summed E-state index contributed by atoms with van der Waals surface area (Å²) in [4.78, 5) is 15.7. The van der Waals surface area contributed by atoms with E-state index < -0.39 is 0 Å². The molecule has 1 unspecified atom stereocenters. The number of hydrogen-bond acceptors (Lipinski definition) is 5. The average molecular weight is 382 g/mol. The number of hydrogen-bond donors (Lipinski definition) is 1. The molecule has 3 aromatic rings. The minimum Gasteiger partial charge on any atom is -0.354 e. The summed E-state index contributed by atoms with van der Waals surface area (Å²) in [5.74, 6) is 0.159. The van der Waals surface area contributed by atoms with E-state index in [1.807, 2.05) is 29.6 Å². The van der Waals surface area contributed by atoms with Crippen LogP contribution in [0.15, 0.2) is 53.9 Å². The predicted octanol–water partition coefficient (Wildman–Crippen LogP) is 4.20. The summed E-state index contributed by atoms with van der Waals surface area (Å²) in [6.07, 6.45) is 1.70. The number of aromatic nitrogens is 2. The fraction of sp³-hybridized carbons (Fsp3) is 0.250. The number of thiophene rings is 1. The summed E-state index contributed by atoms with van der Waals surface area (Å²) in [7, 11) is 0. The Morgan fingerprint density at radius 3 is 2.85 bits per heavy atom. The van der Waals surface area contributed by atoms with Gasteiger partial charge in [-0.1, -0.05) is 12.1 Å². The van der Waals surface area contributed by atoms with E-state index in [1.54, 1.807) is 23.5 Å². The van der Waals surface area contributed by atoms with Crippen molar-refractivity contribution in [1.82, 2.24) is 10.2 Å². The summed E-state index contributed by atoms with van der Waals surface area (Å²) in [5.41, 5.74) is 1.34. The van der Waals surface area contributed by atoms with Crippen molar-refractivity contribution in [2.24, 2.45) is 5.92 Å². The maximum absolute atomic E-state index is 13.3. The largest absolute Gasteiger partial charge is 0.354 e. The van der Waals surface area contributed by atoms with Gasteiger partial charge in [-0.25, -0.2) is 4.39 Å². The molecule has 1 amide bonds. The molecule has 1 aliphatic heterocycles. The van der Waals surface area contributed by atoms with Crippen LogP contribution in [-0.4, -0.2) is 29.2 Å². The Morgan fingerprint density at radius 2 is 2.11 bits per heavy atom. The van der Waals surface area contributed by atoms with E-state index in [9.17, 15) is 9.18 Å². The summed E-state index contributed by atoms with van der Waals surface area (Å²) in [6.45, 7) is 1.42. The van der Waals surface area contributed by atoms with Crippen molar-refractivity contribution in [3.63, 3.8) is 0 Å². The Bertz CT molecular complexity index is 914. The third kappa shape index (κ3) is 4.14. The molecule has 1 saturated heterocycles. The third-order valence-electron chi connectivity index (χ3n) is 4.63. The van der Waals surface area contributed by atoms with Crippen LogP contribution in [0.2, 0.25) is 0 Å². The highest BCUT2D eigenvalue weighted by atomic mass is 32.1. The molecule has 5 nitrogen and oxygen atoms in total. The van der Waals surface area contributed by atoms with Crippen LogP contribution in [0, 0.1) is 11.7 Å². The predicted molar refractivity (Wildman–Crippen MR) is 105 cm³/mol. The van der Waals surface area contributed by atoms with Crippen LogP contribution < -0.4 is 10.2 Å².